The number of halogens is 1. The lowest BCUT2D eigenvalue weighted by Gasteiger charge is -2.07. The van der Waals surface area contributed by atoms with Gasteiger partial charge in [-0.15, -0.1) is 0 Å². The Kier molecular flexibility index (Phi) is 5.70. The number of carbonyl (C=O) groups is 1. The van der Waals surface area contributed by atoms with E-state index >= 15 is 0 Å². The summed E-state index contributed by atoms with van der Waals surface area (Å²) in [4.78, 5) is 18.1. The number of aromatic amines is 1. The molecule has 0 fully saturated rings. The number of hydrogen-bond acceptors (Lipinski definition) is 2. The largest absolute Gasteiger partial charge is 0.350 e. The highest BCUT2D eigenvalue weighted by molar-refractivity contribution is 7.99. The van der Waals surface area contributed by atoms with E-state index in [-0.39, 0.29) is 5.91 Å². The first-order valence-electron chi connectivity index (χ1n) is 9.07. The lowest BCUT2D eigenvalue weighted by molar-refractivity contribution is 0.0947. The van der Waals surface area contributed by atoms with Crippen molar-refractivity contribution in [2.45, 2.75) is 16.2 Å². The first kappa shape index (κ1) is 18.7. The van der Waals surface area contributed by atoms with E-state index in [0.717, 1.165) is 27.1 Å². The molecule has 5 heteroatoms. The molecule has 2 N–H and O–H groups in total. The van der Waals surface area contributed by atoms with Crippen molar-refractivity contribution in [1.82, 2.24) is 10.3 Å². The third kappa shape index (κ3) is 4.24. The van der Waals surface area contributed by atoms with E-state index in [4.69, 9.17) is 11.6 Å². The highest BCUT2D eigenvalue weighted by Gasteiger charge is 2.18. The summed E-state index contributed by atoms with van der Waals surface area (Å²) >= 11 is 7.57. The van der Waals surface area contributed by atoms with Crippen molar-refractivity contribution < 1.29 is 4.79 Å². The quantitative estimate of drug-likeness (QED) is 0.416. The SMILES string of the molecule is O=C(NCCc1ccccc1)c1[nH]c2ccccc2c1Sc1ccc(Cl)cc1. The van der Waals surface area contributed by atoms with Crippen molar-refractivity contribution in [2.75, 3.05) is 6.54 Å². The zero-order valence-corrected chi connectivity index (χ0v) is 16.7. The predicted molar refractivity (Wildman–Crippen MR) is 116 cm³/mol. The van der Waals surface area contributed by atoms with Gasteiger partial charge in [0.05, 0.1) is 4.90 Å². The lowest BCUT2D eigenvalue weighted by Crippen LogP contribution is -2.26. The van der Waals surface area contributed by atoms with Crippen molar-refractivity contribution in [3.8, 4) is 0 Å². The molecule has 0 aliphatic rings. The molecule has 4 aromatic rings. The van der Waals surface area contributed by atoms with Gasteiger partial charge in [0.25, 0.3) is 5.91 Å². The van der Waals surface area contributed by atoms with Gasteiger partial charge in [0, 0.05) is 27.4 Å². The highest BCUT2D eigenvalue weighted by atomic mass is 35.5. The Morgan fingerprint density at radius 1 is 0.929 bits per heavy atom. The second-order valence-corrected chi connectivity index (χ2v) is 7.94. The Bertz CT molecular complexity index is 1090. The van der Waals surface area contributed by atoms with Crippen LogP contribution < -0.4 is 5.32 Å². The molecule has 0 bridgehead atoms. The lowest BCUT2D eigenvalue weighted by atomic mass is 10.1. The summed E-state index contributed by atoms with van der Waals surface area (Å²) in [6.07, 6.45) is 0.798. The third-order valence-electron chi connectivity index (χ3n) is 4.46. The Balaban J connectivity index is 1.56. The fourth-order valence-electron chi connectivity index (χ4n) is 3.06. The summed E-state index contributed by atoms with van der Waals surface area (Å²) in [5, 5.41) is 4.77. The molecule has 1 aromatic heterocycles. The van der Waals surface area contributed by atoms with Gasteiger partial charge in [0.15, 0.2) is 0 Å². The number of H-pyrrole nitrogens is 1. The molecular formula is C23H19ClN2OS. The topological polar surface area (TPSA) is 44.9 Å². The van der Waals surface area contributed by atoms with Crippen molar-refractivity contribution >= 4 is 40.2 Å². The minimum atomic E-state index is -0.0939. The Morgan fingerprint density at radius 3 is 2.43 bits per heavy atom. The molecule has 3 nitrogen and oxygen atoms in total. The van der Waals surface area contributed by atoms with Crippen LogP contribution in [0.5, 0.6) is 0 Å². The number of amides is 1. The van der Waals surface area contributed by atoms with Crippen LogP contribution in [0.4, 0.5) is 0 Å². The molecule has 0 aliphatic carbocycles. The number of nitrogens with one attached hydrogen (secondary N) is 2. The molecule has 4 rings (SSSR count). The van der Waals surface area contributed by atoms with Crippen LogP contribution in [0.3, 0.4) is 0 Å². The molecule has 0 spiro atoms. The molecule has 1 heterocycles. The van der Waals surface area contributed by atoms with Gasteiger partial charge in [0.1, 0.15) is 5.69 Å². The maximum absolute atomic E-state index is 12.9. The smallest absolute Gasteiger partial charge is 0.268 e. The third-order valence-corrected chi connectivity index (χ3v) is 5.85. The van der Waals surface area contributed by atoms with Crippen LogP contribution in [0, 0.1) is 0 Å². The first-order chi connectivity index (χ1) is 13.7. The molecule has 0 radical (unpaired) electrons. The Morgan fingerprint density at radius 2 is 1.64 bits per heavy atom. The van der Waals surface area contributed by atoms with E-state index in [9.17, 15) is 4.79 Å². The van der Waals surface area contributed by atoms with Crippen molar-refractivity contribution in [3.63, 3.8) is 0 Å². The minimum absolute atomic E-state index is 0.0939. The molecule has 28 heavy (non-hydrogen) atoms. The molecule has 140 valence electrons. The maximum atomic E-state index is 12.9. The first-order valence-corrected chi connectivity index (χ1v) is 10.3. The van der Waals surface area contributed by atoms with E-state index in [1.54, 1.807) is 11.8 Å². The zero-order valence-electron chi connectivity index (χ0n) is 15.1. The van der Waals surface area contributed by atoms with Crippen LogP contribution in [0.25, 0.3) is 10.9 Å². The maximum Gasteiger partial charge on any atom is 0.268 e. The molecule has 3 aromatic carbocycles. The second kappa shape index (κ2) is 8.55. The summed E-state index contributed by atoms with van der Waals surface area (Å²) in [5.74, 6) is -0.0939. The van der Waals surface area contributed by atoms with Gasteiger partial charge in [-0.1, -0.05) is 71.9 Å². The molecule has 0 unspecified atom stereocenters. The number of aromatic nitrogens is 1. The number of para-hydroxylation sites is 1. The van der Waals surface area contributed by atoms with Crippen LogP contribution >= 0.6 is 23.4 Å². The predicted octanol–water partition coefficient (Wildman–Crippen LogP) is 5.95. The zero-order chi connectivity index (χ0) is 19.3. The van der Waals surface area contributed by atoms with Gasteiger partial charge in [-0.25, -0.2) is 0 Å². The molecule has 0 aliphatic heterocycles. The van der Waals surface area contributed by atoms with Crippen LogP contribution in [0.1, 0.15) is 16.1 Å². The summed E-state index contributed by atoms with van der Waals surface area (Å²) in [5.41, 5.74) is 2.75. The fourth-order valence-corrected chi connectivity index (χ4v) is 4.22. The molecular weight excluding hydrogens is 388 g/mol. The molecule has 0 atom stereocenters. The van der Waals surface area contributed by atoms with Crippen LogP contribution in [0.2, 0.25) is 5.02 Å². The standard InChI is InChI=1S/C23H19ClN2OS/c24-17-10-12-18(13-11-17)28-22-19-8-4-5-9-20(19)26-21(22)23(27)25-15-14-16-6-2-1-3-7-16/h1-13,26H,14-15H2,(H,25,27). The summed E-state index contributed by atoms with van der Waals surface area (Å²) in [6.45, 7) is 0.587. The van der Waals surface area contributed by atoms with Crippen LogP contribution in [-0.4, -0.2) is 17.4 Å². The van der Waals surface area contributed by atoms with Gasteiger partial charge >= 0.3 is 0 Å². The Labute approximate surface area is 173 Å². The number of hydrogen-bond donors (Lipinski definition) is 2. The average Bonchev–Trinajstić information content (AvgIpc) is 3.09. The summed E-state index contributed by atoms with van der Waals surface area (Å²) in [7, 11) is 0. The van der Waals surface area contributed by atoms with Crippen molar-refractivity contribution in [2.24, 2.45) is 0 Å². The van der Waals surface area contributed by atoms with E-state index < -0.39 is 0 Å². The van der Waals surface area contributed by atoms with E-state index in [1.165, 1.54) is 5.56 Å². The van der Waals surface area contributed by atoms with E-state index in [0.29, 0.717) is 17.3 Å². The average molecular weight is 407 g/mol. The van der Waals surface area contributed by atoms with Crippen molar-refractivity contribution in [1.29, 1.82) is 0 Å². The normalized spacial score (nSPS) is 10.9. The van der Waals surface area contributed by atoms with Gasteiger partial charge in [-0.2, -0.15) is 0 Å². The summed E-state index contributed by atoms with van der Waals surface area (Å²) < 4.78 is 0. The molecule has 1 amide bonds. The number of carbonyl (C=O) groups excluding carboxylic acids is 1. The minimum Gasteiger partial charge on any atom is -0.350 e. The monoisotopic (exact) mass is 406 g/mol. The number of benzene rings is 3. The number of rotatable bonds is 6. The molecule has 0 saturated carbocycles. The van der Waals surface area contributed by atoms with E-state index in [1.807, 2.05) is 66.7 Å². The summed E-state index contributed by atoms with van der Waals surface area (Å²) in [6, 6.07) is 25.8. The van der Waals surface area contributed by atoms with Crippen molar-refractivity contribution in [3.05, 3.63) is 95.1 Å². The van der Waals surface area contributed by atoms with Crippen LogP contribution in [0.15, 0.2) is 88.7 Å². The van der Waals surface area contributed by atoms with Gasteiger partial charge in [-0.3, -0.25) is 4.79 Å². The van der Waals surface area contributed by atoms with Crippen LogP contribution in [-0.2, 0) is 6.42 Å². The van der Waals surface area contributed by atoms with Gasteiger partial charge in [0.2, 0.25) is 0 Å². The highest BCUT2D eigenvalue weighted by Crippen LogP contribution is 2.37. The number of fused-ring (bicyclic) bond motifs is 1. The van der Waals surface area contributed by atoms with Gasteiger partial charge < -0.3 is 10.3 Å². The Hall–Kier alpha value is -2.69. The molecule has 0 saturated heterocycles. The second-order valence-electron chi connectivity index (χ2n) is 6.42. The van der Waals surface area contributed by atoms with E-state index in [2.05, 4.69) is 22.4 Å². The fraction of sp³-hybridized carbons (Fsp3) is 0.0870. The van der Waals surface area contributed by atoms with Gasteiger partial charge in [-0.05, 0) is 42.3 Å².